The minimum absolute atomic E-state index is 0.314. The summed E-state index contributed by atoms with van der Waals surface area (Å²) < 4.78 is 13.7. The third-order valence-electron chi connectivity index (χ3n) is 5.11. The maximum atomic E-state index is 8.77. The molecule has 0 saturated carbocycles. The molecule has 0 amide bonds. The van der Waals surface area contributed by atoms with E-state index in [4.69, 9.17) is 19.7 Å². The first-order valence-electron chi connectivity index (χ1n) is 11.7. The maximum Gasteiger partial charge on any atom is 0.134 e. The van der Waals surface area contributed by atoms with Crippen LogP contribution in [0.25, 0.3) is 0 Å². The number of benzene rings is 1. The van der Waals surface area contributed by atoms with Crippen molar-refractivity contribution < 1.29 is 19.7 Å². The molecule has 0 unspecified atom stereocenters. The molecular weight excluding hydrogens is 512 g/mol. The third kappa shape index (κ3) is 13.9. The first kappa shape index (κ1) is 27.7. The van der Waals surface area contributed by atoms with Crippen molar-refractivity contribution in [2.24, 2.45) is 0 Å². The maximum absolute atomic E-state index is 8.77. The molecular formula is C24H40Br2O4. The van der Waals surface area contributed by atoms with E-state index >= 15 is 0 Å². The monoisotopic (exact) mass is 550 g/mol. The molecule has 0 aliphatic heterocycles. The van der Waals surface area contributed by atoms with Crippen LogP contribution in [0.3, 0.4) is 0 Å². The summed E-state index contributed by atoms with van der Waals surface area (Å²) in [5.74, 6) is 1.69. The molecule has 1 aromatic carbocycles. The number of halogens is 2. The lowest BCUT2D eigenvalue weighted by Crippen LogP contribution is -2.01. The van der Waals surface area contributed by atoms with Crippen LogP contribution in [0, 0.1) is 0 Å². The van der Waals surface area contributed by atoms with Crippen molar-refractivity contribution >= 4 is 31.9 Å². The molecule has 0 fully saturated rings. The van der Waals surface area contributed by atoms with Crippen molar-refractivity contribution in [3.63, 3.8) is 0 Å². The zero-order valence-corrected chi connectivity index (χ0v) is 21.5. The molecule has 0 radical (unpaired) electrons. The Labute approximate surface area is 200 Å². The molecule has 0 atom stereocenters. The molecule has 0 aromatic heterocycles. The summed E-state index contributed by atoms with van der Waals surface area (Å²) in [6.07, 6.45) is 16.0. The van der Waals surface area contributed by atoms with Gasteiger partial charge in [0.15, 0.2) is 0 Å². The zero-order chi connectivity index (χ0) is 21.9. The first-order valence-corrected chi connectivity index (χ1v) is 13.2. The first-order chi connectivity index (χ1) is 14.7. The highest BCUT2D eigenvalue weighted by molar-refractivity contribution is 9.11. The Morgan fingerprint density at radius 1 is 0.500 bits per heavy atom. The van der Waals surface area contributed by atoms with Crippen molar-refractivity contribution in [1.82, 2.24) is 0 Å². The van der Waals surface area contributed by atoms with Gasteiger partial charge in [0.25, 0.3) is 0 Å². The van der Waals surface area contributed by atoms with Gasteiger partial charge in [-0.2, -0.15) is 0 Å². The van der Waals surface area contributed by atoms with Crippen LogP contribution in [0.1, 0.15) is 89.9 Å². The van der Waals surface area contributed by atoms with Crippen LogP contribution in [-0.2, 0) is 0 Å². The summed E-state index contributed by atoms with van der Waals surface area (Å²) in [6, 6.07) is 3.96. The zero-order valence-electron chi connectivity index (χ0n) is 18.3. The van der Waals surface area contributed by atoms with E-state index in [1.807, 2.05) is 12.1 Å². The fourth-order valence-electron chi connectivity index (χ4n) is 3.29. The summed E-state index contributed by atoms with van der Waals surface area (Å²) >= 11 is 7.20. The van der Waals surface area contributed by atoms with Crippen molar-refractivity contribution in [2.45, 2.75) is 89.9 Å². The number of ether oxygens (including phenoxy) is 2. The van der Waals surface area contributed by atoms with Crippen LogP contribution in [-0.4, -0.2) is 36.6 Å². The quantitative estimate of drug-likeness (QED) is 0.165. The smallest absolute Gasteiger partial charge is 0.134 e. The molecule has 0 aliphatic rings. The fourth-order valence-corrected chi connectivity index (χ4v) is 4.16. The van der Waals surface area contributed by atoms with Crippen LogP contribution in [0.2, 0.25) is 0 Å². The Morgan fingerprint density at radius 3 is 1.13 bits per heavy atom. The van der Waals surface area contributed by atoms with Gasteiger partial charge in [0.05, 0.1) is 22.2 Å². The second-order valence-corrected chi connectivity index (χ2v) is 9.52. The van der Waals surface area contributed by atoms with Gasteiger partial charge in [-0.1, -0.05) is 64.2 Å². The lowest BCUT2D eigenvalue weighted by atomic mass is 10.1. The van der Waals surface area contributed by atoms with Crippen molar-refractivity contribution in [2.75, 3.05) is 26.4 Å². The molecule has 1 aromatic rings. The van der Waals surface area contributed by atoms with Gasteiger partial charge in [-0.15, -0.1) is 0 Å². The highest BCUT2D eigenvalue weighted by Crippen LogP contribution is 2.36. The highest BCUT2D eigenvalue weighted by atomic mass is 79.9. The fraction of sp³-hybridized carbons (Fsp3) is 0.750. The average molecular weight is 552 g/mol. The van der Waals surface area contributed by atoms with Gasteiger partial charge in [-0.05, 0) is 69.7 Å². The van der Waals surface area contributed by atoms with E-state index in [-0.39, 0.29) is 0 Å². The molecule has 174 valence electrons. The largest absolute Gasteiger partial charge is 0.492 e. The minimum Gasteiger partial charge on any atom is -0.492 e. The third-order valence-corrected chi connectivity index (χ3v) is 6.35. The predicted molar refractivity (Wildman–Crippen MR) is 132 cm³/mol. The number of hydrogen-bond acceptors (Lipinski definition) is 4. The highest BCUT2D eigenvalue weighted by Gasteiger charge is 2.09. The predicted octanol–water partition coefficient (Wildman–Crippen LogP) is 7.42. The van der Waals surface area contributed by atoms with Gasteiger partial charge in [-0.3, -0.25) is 0 Å². The van der Waals surface area contributed by atoms with Gasteiger partial charge < -0.3 is 19.7 Å². The molecule has 0 spiro atoms. The van der Waals surface area contributed by atoms with Gasteiger partial charge in [0.1, 0.15) is 11.5 Å². The van der Waals surface area contributed by atoms with Crippen LogP contribution in [0.5, 0.6) is 11.5 Å². The molecule has 0 bridgehead atoms. The summed E-state index contributed by atoms with van der Waals surface area (Å²) in [4.78, 5) is 0. The molecule has 30 heavy (non-hydrogen) atoms. The van der Waals surface area contributed by atoms with Gasteiger partial charge in [-0.25, -0.2) is 0 Å². The van der Waals surface area contributed by atoms with E-state index in [9.17, 15) is 0 Å². The van der Waals surface area contributed by atoms with Gasteiger partial charge in [0, 0.05) is 13.2 Å². The molecule has 0 saturated heterocycles. The molecule has 0 aliphatic carbocycles. The number of hydrogen-bond donors (Lipinski definition) is 2. The minimum atomic E-state index is 0.314. The Hall–Kier alpha value is -0.300. The lowest BCUT2D eigenvalue weighted by molar-refractivity contribution is 0.280. The van der Waals surface area contributed by atoms with Crippen LogP contribution < -0.4 is 9.47 Å². The average Bonchev–Trinajstić information content (AvgIpc) is 2.74. The number of aliphatic hydroxyl groups is 2. The molecule has 4 nitrogen and oxygen atoms in total. The summed E-state index contributed by atoms with van der Waals surface area (Å²) in [7, 11) is 0. The van der Waals surface area contributed by atoms with E-state index in [0.717, 1.165) is 72.2 Å². The molecule has 6 heteroatoms. The van der Waals surface area contributed by atoms with E-state index in [0.29, 0.717) is 13.2 Å². The molecule has 2 N–H and O–H groups in total. The van der Waals surface area contributed by atoms with Crippen LogP contribution >= 0.6 is 31.9 Å². The van der Waals surface area contributed by atoms with E-state index in [1.54, 1.807) is 0 Å². The van der Waals surface area contributed by atoms with Crippen LogP contribution in [0.4, 0.5) is 0 Å². The summed E-state index contributed by atoms with van der Waals surface area (Å²) in [6.45, 7) is 2.07. The molecule has 1 rings (SSSR count). The van der Waals surface area contributed by atoms with Crippen molar-refractivity contribution in [3.8, 4) is 11.5 Å². The summed E-state index contributed by atoms with van der Waals surface area (Å²) in [5, 5.41) is 17.5. The summed E-state index contributed by atoms with van der Waals surface area (Å²) in [5.41, 5.74) is 0. The number of aliphatic hydroxyl groups excluding tert-OH is 2. The van der Waals surface area contributed by atoms with Crippen molar-refractivity contribution in [1.29, 1.82) is 0 Å². The standard InChI is InChI=1S/C24H40Br2O4/c25-21-20-24(30-18-14-10-6-2-4-8-12-16-28)22(26)19-23(21)29-17-13-9-5-1-3-7-11-15-27/h19-20,27-28H,1-18H2. The van der Waals surface area contributed by atoms with E-state index in [1.165, 1.54) is 51.4 Å². The second kappa shape index (κ2) is 19.4. The Kier molecular flexibility index (Phi) is 17.9. The normalized spacial score (nSPS) is 11.1. The lowest BCUT2D eigenvalue weighted by Gasteiger charge is -2.13. The number of unbranched alkanes of at least 4 members (excludes halogenated alkanes) is 12. The van der Waals surface area contributed by atoms with E-state index < -0.39 is 0 Å². The SMILES string of the molecule is OCCCCCCCCCOc1cc(Br)c(OCCCCCCCCCO)cc1Br. The topological polar surface area (TPSA) is 58.9 Å². The van der Waals surface area contributed by atoms with Gasteiger partial charge >= 0.3 is 0 Å². The van der Waals surface area contributed by atoms with Gasteiger partial charge in [0.2, 0.25) is 0 Å². The van der Waals surface area contributed by atoms with Crippen LogP contribution in [0.15, 0.2) is 21.1 Å². The Bertz CT molecular complexity index is 492. The Balaban J connectivity index is 2.15. The van der Waals surface area contributed by atoms with E-state index in [2.05, 4.69) is 31.9 Å². The number of rotatable bonds is 20. The molecule has 0 heterocycles. The Morgan fingerprint density at radius 2 is 0.800 bits per heavy atom. The van der Waals surface area contributed by atoms with Crippen molar-refractivity contribution in [3.05, 3.63) is 21.1 Å². The second-order valence-electron chi connectivity index (χ2n) is 7.81.